The van der Waals surface area contributed by atoms with Crippen LogP contribution in [-0.2, 0) is 9.53 Å². The van der Waals surface area contributed by atoms with Crippen LogP contribution in [0.4, 0.5) is 4.39 Å². The number of nitrogens with zero attached hydrogens (tertiary/aromatic N) is 1. The first-order chi connectivity index (χ1) is 13.5. The molecule has 4 rings (SSSR count). The molecule has 2 fully saturated rings. The Labute approximate surface area is 162 Å². The molecular weight excluding hydrogens is 361 g/mol. The first-order valence-electron chi connectivity index (χ1n) is 9.44. The van der Waals surface area contributed by atoms with Gasteiger partial charge in [-0.3, -0.25) is 9.59 Å². The van der Waals surface area contributed by atoms with E-state index in [0.29, 0.717) is 38.2 Å². The third kappa shape index (κ3) is 3.40. The van der Waals surface area contributed by atoms with Crippen molar-refractivity contribution in [2.75, 3.05) is 26.3 Å². The summed E-state index contributed by atoms with van der Waals surface area (Å²) in [5, 5.41) is 9.68. The topological polar surface area (TPSA) is 66.8 Å². The lowest BCUT2D eigenvalue weighted by Gasteiger charge is -2.36. The number of carboxylic acids is 1. The second-order valence-electron chi connectivity index (χ2n) is 7.64. The van der Waals surface area contributed by atoms with Crippen molar-refractivity contribution in [3.63, 3.8) is 0 Å². The summed E-state index contributed by atoms with van der Waals surface area (Å²) in [6.07, 6.45) is 1.32. The number of likely N-dealkylation sites (tertiary alicyclic amines) is 1. The zero-order valence-electron chi connectivity index (χ0n) is 15.4. The van der Waals surface area contributed by atoms with Crippen molar-refractivity contribution in [3.8, 4) is 11.1 Å². The van der Waals surface area contributed by atoms with E-state index >= 15 is 0 Å². The van der Waals surface area contributed by atoms with Crippen molar-refractivity contribution >= 4 is 11.9 Å². The van der Waals surface area contributed by atoms with E-state index in [4.69, 9.17) is 4.74 Å². The number of carbonyl (C=O) groups excluding carboxylic acids is 1. The number of halogens is 1. The fourth-order valence-electron chi connectivity index (χ4n) is 4.40. The van der Waals surface area contributed by atoms with Crippen molar-refractivity contribution in [2.45, 2.75) is 12.8 Å². The Morgan fingerprint density at radius 3 is 2.43 bits per heavy atom. The van der Waals surface area contributed by atoms with Gasteiger partial charge in [-0.25, -0.2) is 4.39 Å². The van der Waals surface area contributed by atoms with Crippen LogP contribution >= 0.6 is 0 Å². The van der Waals surface area contributed by atoms with Gasteiger partial charge in [0.05, 0.1) is 5.92 Å². The normalized spacial score (nSPS) is 21.0. The third-order valence-corrected chi connectivity index (χ3v) is 6.01. The lowest BCUT2D eigenvalue weighted by Crippen LogP contribution is -2.40. The van der Waals surface area contributed by atoms with Crippen molar-refractivity contribution in [1.82, 2.24) is 4.90 Å². The lowest BCUT2D eigenvalue weighted by molar-refractivity contribution is -0.146. The number of amides is 1. The van der Waals surface area contributed by atoms with Crippen LogP contribution in [0.15, 0.2) is 48.5 Å². The highest BCUT2D eigenvalue weighted by Crippen LogP contribution is 2.44. The van der Waals surface area contributed by atoms with E-state index in [9.17, 15) is 19.1 Å². The van der Waals surface area contributed by atoms with E-state index in [1.54, 1.807) is 35.2 Å². The summed E-state index contributed by atoms with van der Waals surface area (Å²) in [5.74, 6) is -1.89. The highest BCUT2D eigenvalue weighted by Gasteiger charge is 2.52. The molecule has 2 heterocycles. The number of benzene rings is 2. The quantitative estimate of drug-likeness (QED) is 0.882. The molecule has 1 unspecified atom stereocenters. The molecule has 28 heavy (non-hydrogen) atoms. The number of hydrogen-bond acceptors (Lipinski definition) is 3. The molecule has 0 radical (unpaired) electrons. The summed E-state index contributed by atoms with van der Waals surface area (Å²) >= 11 is 0. The van der Waals surface area contributed by atoms with Crippen molar-refractivity contribution < 1.29 is 23.8 Å². The minimum Gasteiger partial charge on any atom is -0.481 e. The van der Waals surface area contributed by atoms with Gasteiger partial charge in [0.2, 0.25) is 0 Å². The van der Waals surface area contributed by atoms with Crippen LogP contribution in [0, 0.1) is 17.2 Å². The van der Waals surface area contributed by atoms with Crippen LogP contribution in [-0.4, -0.2) is 48.2 Å². The summed E-state index contributed by atoms with van der Waals surface area (Å²) in [6, 6.07) is 13.3. The molecule has 1 N–H and O–H groups in total. The lowest BCUT2D eigenvalue weighted by atomic mass is 9.72. The second-order valence-corrected chi connectivity index (χ2v) is 7.64. The van der Waals surface area contributed by atoms with Gasteiger partial charge in [-0.15, -0.1) is 0 Å². The molecule has 1 amide bonds. The average Bonchev–Trinajstić information content (AvgIpc) is 3.07. The molecule has 2 aromatic rings. The van der Waals surface area contributed by atoms with E-state index in [1.807, 2.05) is 6.07 Å². The Balaban J connectivity index is 1.54. The molecule has 1 spiro atoms. The zero-order chi connectivity index (χ0) is 19.7. The molecular formula is C22H22FNO4. The van der Waals surface area contributed by atoms with E-state index < -0.39 is 17.3 Å². The van der Waals surface area contributed by atoms with E-state index in [1.165, 1.54) is 12.1 Å². The van der Waals surface area contributed by atoms with E-state index in [-0.39, 0.29) is 18.3 Å². The molecule has 146 valence electrons. The van der Waals surface area contributed by atoms with Gasteiger partial charge in [0.25, 0.3) is 5.91 Å². The number of rotatable bonds is 3. The van der Waals surface area contributed by atoms with Gasteiger partial charge in [0.1, 0.15) is 5.82 Å². The number of hydrogen-bond donors (Lipinski definition) is 1. The number of carbonyl (C=O) groups is 2. The minimum atomic E-state index is -0.848. The summed E-state index contributed by atoms with van der Waals surface area (Å²) in [5.41, 5.74) is 1.67. The fraction of sp³-hybridized carbons (Fsp3) is 0.364. The summed E-state index contributed by atoms with van der Waals surface area (Å²) in [7, 11) is 0. The highest BCUT2D eigenvalue weighted by atomic mass is 19.1. The standard InChI is InChI=1S/C22H22FNO4/c23-18-3-1-2-17(12-18)15-4-6-16(7-5-15)20(25)24-13-19(21(26)27)22(14-24)8-10-28-11-9-22/h1-7,12,19H,8-11,13-14H2,(H,26,27). The van der Waals surface area contributed by atoms with E-state index in [2.05, 4.69) is 0 Å². The van der Waals surface area contributed by atoms with Crippen LogP contribution in [0.3, 0.4) is 0 Å². The Morgan fingerprint density at radius 1 is 1.07 bits per heavy atom. The fourth-order valence-corrected chi connectivity index (χ4v) is 4.40. The average molecular weight is 383 g/mol. The molecule has 2 aliphatic rings. The molecule has 0 aromatic heterocycles. The molecule has 0 bridgehead atoms. The van der Waals surface area contributed by atoms with Crippen LogP contribution in [0.5, 0.6) is 0 Å². The van der Waals surface area contributed by atoms with Crippen LogP contribution in [0.25, 0.3) is 11.1 Å². The van der Waals surface area contributed by atoms with Gasteiger partial charge in [-0.2, -0.15) is 0 Å². The Hall–Kier alpha value is -2.73. The molecule has 0 aliphatic carbocycles. The van der Waals surface area contributed by atoms with E-state index in [0.717, 1.165) is 11.1 Å². The predicted octanol–water partition coefficient (Wildman–Crippen LogP) is 3.45. The third-order valence-electron chi connectivity index (χ3n) is 6.01. The SMILES string of the molecule is O=C(O)C1CN(C(=O)c2ccc(-c3cccc(F)c3)cc2)CC12CCOCC2. The van der Waals surface area contributed by atoms with Crippen LogP contribution in [0.1, 0.15) is 23.2 Å². The maximum Gasteiger partial charge on any atom is 0.308 e. The Bertz CT molecular complexity index is 890. The molecule has 5 nitrogen and oxygen atoms in total. The molecule has 2 saturated heterocycles. The summed E-state index contributed by atoms with van der Waals surface area (Å²) < 4.78 is 18.8. The van der Waals surface area contributed by atoms with Crippen molar-refractivity contribution in [2.24, 2.45) is 11.3 Å². The maximum absolute atomic E-state index is 13.4. The number of carboxylic acid groups (broad SMARTS) is 1. The molecule has 6 heteroatoms. The summed E-state index contributed by atoms with van der Waals surface area (Å²) in [4.78, 5) is 26.4. The van der Waals surface area contributed by atoms with Gasteiger partial charge in [0, 0.05) is 37.3 Å². The molecule has 1 atom stereocenters. The largest absolute Gasteiger partial charge is 0.481 e. The smallest absolute Gasteiger partial charge is 0.308 e. The van der Waals surface area contributed by atoms with Crippen molar-refractivity contribution in [1.29, 1.82) is 0 Å². The van der Waals surface area contributed by atoms with Crippen LogP contribution < -0.4 is 0 Å². The van der Waals surface area contributed by atoms with Gasteiger partial charge in [0.15, 0.2) is 0 Å². The summed E-state index contributed by atoms with van der Waals surface area (Å²) in [6.45, 7) is 1.74. The van der Waals surface area contributed by atoms with Gasteiger partial charge in [-0.05, 0) is 48.2 Å². The highest BCUT2D eigenvalue weighted by molar-refractivity contribution is 5.95. The predicted molar refractivity (Wildman–Crippen MR) is 101 cm³/mol. The zero-order valence-corrected chi connectivity index (χ0v) is 15.4. The molecule has 2 aliphatic heterocycles. The number of aliphatic carboxylic acids is 1. The van der Waals surface area contributed by atoms with Crippen molar-refractivity contribution in [3.05, 3.63) is 59.9 Å². The minimum absolute atomic E-state index is 0.166. The number of ether oxygens (including phenoxy) is 1. The molecule has 2 aromatic carbocycles. The van der Waals surface area contributed by atoms with Gasteiger partial charge >= 0.3 is 5.97 Å². The first-order valence-corrected chi connectivity index (χ1v) is 9.44. The Morgan fingerprint density at radius 2 is 1.79 bits per heavy atom. The Kier molecular flexibility index (Phi) is 4.89. The first kappa shape index (κ1) is 18.6. The van der Waals surface area contributed by atoms with Gasteiger partial charge < -0.3 is 14.7 Å². The van der Waals surface area contributed by atoms with Gasteiger partial charge in [-0.1, -0.05) is 24.3 Å². The monoisotopic (exact) mass is 383 g/mol. The van der Waals surface area contributed by atoms with Crippen LogP contribution in [0.2, 0.25) is 0 Å². The molecule has 0 saturated carbocycles. The second kappa shape index (κ2) is 7.36. The maximum atomic E-state index is 13.4.